The molecule has 2 unspecified atom stereocenters. The van der Waals surface area contributed by atoms with Crippen molar-refractivity contribution in [3.63, 3.8) is 0 Å². The number of hydrogen-bond donors (Lipinski definition) is 1. The van der Waals surface area contributed by atoms with E-state index in [1.807, 2.05) is 18.2 Å². The Hall–Kier alpha value is -0.240. The van der Waals surface area contributed by atoms with Crippen LogP contribution in [0.2, 0.25) is 10.0 Å². The van der Waals surface area contributed by atoms with Gasteiger partial charge in [-0.2, -0.15) is 0 Å². The molecule has 0 radical (unpaired) electrons. The Balaban J connectivity index is 2.29. The summed E-state index contributed by atoms with van der Waals surface area (Å²) in [7, 11) is 0. The summed E-state index contributed by atoms with van der Waals surface area (Å²) in [6.45, 7) is 4.63. The first-order valence-corrected chi connectivity index (χ1v) is 7.38. The molecule has 2 N–H and O–H groups in total. The molecule has 2 atom stereocenters. The van der Waals surface area contributed by atoms with Crippen LogP contribution in [0.5, 0.6) is 0 Å². The molecular formula is C15H21Cl2N. The van der Waals surface area contributed by atoms with E-state index in [4.69, 9.17) is 28.9 Å². The molecule has 0 amide bonds. The van der Waals surface area contributed by atoms with E-state index in [0.29, 0.717) is 10.9 Å². The number of halogens is 2. The number of nitrogens with two attached hydrogens (primary N) is 1. The fraction of sp³-hybridized carbons (Fsp3) is 0.600. The Morgan fingerprint density at radius 2 is 2.00 bits per heavy atom. The summed E-state index contributed by atoms with van der Waals surface area (Å²) in [5.74, 6) is 0.474. The van der Waals surface area contributed by atoms with Crippen molar-refractivity contribution in [3.05, 3.63) is 33.8 Å². The Labute approximate surface area is 120 Å². The van der Waals surface area contributed by atoms with Crippen LogP contribution in [-0.2, 0) is 0 Å². The molecule has 0 heterocycles. The molecule has 18 heavy (non-hydrogen) atoms. The zero-order valence-corrected chi connectivity index (χ0v) is 12.6. The lowest BCUT2D eigenvalue weighted by atomic mass is 9.65. The summed E-state index contributed by atoms with van der Waals surface area (Å²) < 4.78 is 0. The highest BCUT2D eigenvalue weighted by Crippen LogP contribution is 2.47. The summed E-state index contributed by atoms with van der Waals surface area (Å²) in [6.07, 6.45) is 4.99. The van der Waals surface area contributed by atoms with Gasteiger partial charge in [-0.25, -0.2) is 0 Å². The average Bonchev–Trinajstić information content (AvgIpc) is 2.31. The second kappa shape index (κ2) is 5.40. The van der Waals surface area contributed by atoms with Gasteiger partial charge in [-0.1, -0.05) is 49.9 Å². The summed E-state index contributed by atoms with van der Waals surface area (Å²) in [6, 6.07) is 5.55. The van der Waals surface area contributed by atoms with E-state index in [1.165, 1.54) is 25.7 Å². The summed E-state index contributed by atoms with van der Waals surface area (Å²) in [5.41, 5.74) is 7.74. The topological polar surface area (TPSA) is 26.0 Å². The minimum atomic E-state index is -0.0218. The van der Waals surface area contributed by atoms with Gasteiger partial charge in [-0.15, -0.1) is 0 Å². The zero-order valence-electron chi connectivity index (χ0n) is 11.0. The fourth-order valence-electron chi connectivity index (χ4n) is 3.17. The second-order valence-electron chi connectivity index (χ2n) is 6.03. The first kappa shape index (κ1) is 14.2. The van der Waals surface area contributed by atoms with Gasteiger partial charge in [0, 0.05) is 16.1 Å². The minimum Gasteiger partial charge on any atom is -0.324 e. The molecule has 1 aromatic rings. The molecule has 100 valence electrons. The lowest BCUT2D eigenvalue weighted by molar-refractivity contribution is 0.113. The summed E-state index contributed by atoms with van der Waals surface area (Å²) in [4.78, 5) is 0. The molecule has 0 bridgehead atoms. The average molecular weight is 286 g/mol. The second-order valence-corrected chi connectivity index (χ2v) is 6.88. The largest absolute Gasteiger partial charge is 0.324 e. The van der Waals surface area contributed by atoms with E-state index in [2.05, 4.69) is 13.8 Å². The highest BCUT2D eigenvalue weighted by Gasteiger charge is 2.37. The van der Waals surface area contributed by atoms with Crippen molar-refractivity contribution in [2.24, 2.45) is 17.1 Å². The third-order valence-electron chi connectivity index (χ3n) is 4.34. The lowest BCUT2D eigenvalue weighted by Crippen LogP contribution is -2.36. The Kier molecular flexibility index (Phi) is 4.25. The van der Waals surface area contributed by atoms with Crippen LogP contribution in [0.3, 0.4) is 0 Å². The summed E-state index contributed by atoms with van der Waals surface area (Å²) >= 11 is 12.3. The van der Waals surface area contributed by atoms with Gasteiger partial charge < -0.3 is 5.73 Å². The van der Waals surface area contributed by atoms with Crippen LogP contribution in [0.15, 0.2) is 18.2 Å². The van der Waals surface area contributed by atoms with Gasteiger partial charge in [0.25, 0.3) is 0 Å². The van der Waals surface area contributed by atoms with Gasteiger partial charge in [0.15, 0.2) is 0 Å². The van der Waals surface area contributed by atoms with E-state index in [9.17, 15) is 0 Å². The van der Waals surface area contributed by atoms with E-state index < -0.39 is 0 Å². The molecule has 1 nitrogen and oxygen atoms in total. The van der Waals surface area contributed by atoms with E-state index in [1.54, 1.807) is 0 Å². The van der Waals surface area contributed by atoms with Gasteiger partial charge >= 0.3 is 0 Å². The molecule has 0 saturated heterocycles. The monoisotopic (exact) mass is 285 g/mol. The molecule has 0 spiro atoms. The third-order valence-corrected chi connectivity index (χ3v) is 4.92. The quantitative estimate of drug-likeness (QED) is 0.793. The zero-order chi connectivity index (χ0) is 13.3. The number of rotatable bonds is 2. The fourth-order valence-corrected chi connectivity index (χ4v) is 3.60. The van der Waals surface area contributed by atoms with Gasteiger partial charge in [-0.3, -0.25) is 0 Å². The van der Waals surface area contributed by atoms with Crippen LogP contribution in [0, 0.1) is 11.3 Å². The van der Waals surface area contributed by atoms with Crippen LogP contribution in [0.4, 0.5) is 0 Å². The molecule has 1 fully saturated rings. The lowest BCUT2D eigenvalue weighted by Gasteiger charge is -2.42. The maximum atomic E-state index is 6.47. The molecule has 0 aliphatic heterocycles. The molecule has 1 aliphatic carbocycles. The van der Waals surface area contributed by atoms with Crippen LogP contribution < -0.4 is 5.73 Å². The Bertz CT molecular complexity index is 429. The van der Waals surface area contributed by atoms with Gasteiger partial charge in [0.1, 0.15) is 0 Å². The van der Waals surface area contributed by atoms with Gasteiger partial charge in [0.05, 0.1) is 0 Å². The van der Waals surface area contributed by atoms with Gasteiger partial charge in [-0.05, 0) is 47.9 Å². The standard InChI is InChI=1S/C15H21Cl2N/c1-15(2)8-4-3-5-12(15)14(18)11-9-10(16)6-7-13(11)17/h6-7,9,12,14H,3-5,8,18H2,1-2H3. The van der Waals surface area contributed by atoms with Crippen molar-refractivity contribution >= 4 is 23.2 Å². The van der Waals surface area contributed by atoms with E-state index in [0.717, 1.165) is 10.6 Å². The predicted octanol–water partition coefficient (Wildman–Crippen LogP) is 5.21. The predicted molar refractivity (Wildman–Crippen MR) is 79.1 cm³/mol. The Morgan fingerprint density at radius 1 is 1.28 bits per heavy atom. The van der Waals surface area contributed by atoms with Crippen LogP contribution in [-0.4, -0.2) is 0 Å². The van der Waals surface area contributed by atoms with Crippen LogP contribution in [0.1, 0.15) is 51.1 Å². The highest BCUT2D eigenvalue weighted by molar-refractivity contribution is 6.33. The van der Waals surface area contributed by atoms with E-state index >= 15 is 0 Å². The normalized spacial score (nSPS) is 24.8. The summed E-state index contributed by atoms with van der Waals surface area (Å²) in [5, 5.41) is 1.44. The maximum Gasteiger partial charge on any atom is 0.0454 e. The van der Waals surface area contributed by atoms with Gasteiger partial charge in [0.2, 0.25) is 0 Å². The molecular weight excluding hydrogens is 265 g/mol. The first-order valence-electron chi connectivity index (χ1n) is 6.62. The maximum absolute atomic E-state index is 6.47. The molecule has 1 aromatic carbocycles. The van der Waals surface area contributed by atoms with E-state index in [-0.39, 0.29) is 11.5 Å². The van der Waals surface area contributed by atoms with Crippen molar-refractivity contribution in [1.29, 1.82) is 0 Å². The van der Waals surface area contributed by atoms with Crippen molar-refractivity contribution in [2.75, 3.05) is 0 Å². The van der Waals surface area contributed by atoms with Crippen molar-refractivity contribution in [2.45, 2.75) is 45.6 Å². The third kappa shape index (κ3) is 2.84. The minimum absolute atomic E-state index is 0.0218. The van der Waals surface area contributed by atoms with Crippen molar-refractivity contribution < 1.29 is 0 Å². The van der Waals surface area contributed by atoms with Crippen LogP contribution in [0.25, 0.3) is 0 Å². The smallest absolute Gasteiger partial charge is 0.0454 e. The molecule has 0 aromatic heterocycles. The Morgan fingerprint density at radius 3 is 2.67 bits per heavy atom. The number of hydrogen-bond acceptors (Lipinski definition) is 1. The SMILES string of the molecule is CC1(C)CCCCC1C(N)c1cc(Cl)ccc1Cl. The highest BCUT2D eigenvalue weighted by atomic mass is 35.5. The molecule has 2 rings (SSSR count). The number of benzene rings is 1. The van der Waals surface area contributed by atoms with Crippen LogP contribution >= 0.6 is 23.2 Å². The molecule has 3 heteroatoms. The molecule has 1 saturated carbocycles. The molecule has 1 aliphatic rings. The first-order chi connectivity index (χ1) is 8.42. The van der Waals surface area contributed by atoms with Crippen molar-refractivity contribution in [1.82, 2.24) is 0 Å². The van der Waals surface area contributed by atoms with Crippen molar-refractivity contribution in [3.8, 4) is 0 Å².